The second-order valence-electron chi connectivity index (χ2n) is 3.55. The Morgan fingerprint density at radius 1 is 1.38 bits per heavy atom. The van der Waals surface area contributed by atoms with Gasteiger partial charge < -0.3 is 9.84 Å². The van der Waals surface area contributed by atoms with Gasteiger partial charge in [0.25, 0.3) is 0 Å². The smallest absolute Gasteiger partial charge is 0.169 e. The van der Waals surface area contributed by atoms with Crippen molar-refractivity contribution in [3.63, 3.8) is 0 Å². The molecule has 0 aromatic heterocycles. The Labute approximate surface area is 96.3 Å². The minimum absolute atomic E-state index is 0.0902. The molecular formula is C13H17NO2. The molecule has 0 aliphatic rings. The fraction of sp³-hybridized carbons (Fsp3) is 0.462. The number of aliphatic hydroxyl groups excluding tert-OH is 1. The summed E-state index contributed by atoms with van der Waals surface area (Å²) in [6.45, 7) is 2.59. The fourth-order valence-electron chi connectivity index (χ4n) is 1.40. The van der Waals surface area contributed by atoms with Crippen LogP contribution in [0.4, 0.5) is 0 Å². The first-order chi connectivity index (χ1) is 7.81. The fourth-order valence-corrected chi connectivity index (χ4v) is 1.40. The number of benzene rings is 1. The molecule has 1 N–H and O–H groups in total. The molecule has 3 nitrogen and oxygen atoms in total. The van der Waals surface area contributed by atoms with Crippen molar-refractivity contribution in [1.29, 1.82) is 5.26 Å². The lowest BCUT2D eigenvalue weighted by atomic mass is 10.1. The summed E-state index contributed by atoms with van der Waals surface area (Å²) in [5.74, 6) is 0. The van der Waals surface area contributed by atoms with E-state index < -0.39 is 6.10 Å². The minimum atomic E-state index is -0.530. The van der Waals surface area contributed by atoms with E-state index in [0.29, 0.717) is 13.0 Å². The first-order valence-corrected chi connectivity index (χ1v) is 5.52. The molecule has 0 saturated heterocycles. The van der Waals surface area contributed by atoms with Gasteiger partial charge in [0.15, 0.2) is 6.10 Å². The summed E-state index contributed by atoms with van der Waals surface area (Å²) in [7, 11) is 0. The zero-order valence-corrected chi connectivity index (χ0v) is 9.52. The van der Waals surface area contributed by atoms with Crippen LogP contribution < -0.4 is 0 Å². The third-order valence-corrected chi connectivity index (χ3v) is 2.39. The summed E-state index contributed by atoms with van der Waals surface area (Å²) in [5.41, 5.74) is 2.12. The number of nitriles is 1. The molecule has 0 aliphatic carbocycles. The van der Waals surface area contributed by atoms with E-state index >= 15 is 0 Å². The average molecular weight is 219 g/mol. The standard InChI is InChI=1S/C13H17NO2/c1-2-11-4-6-12(7-5-11)13(10-14)16-9-3-8-15/h4-7,13,15H,2-3,8-9H2,1H3. The monoisotopic (exact) mass is 219 g/mol. The molecule has 0 amide bonds. The molecule has 0 aliphatic heterocycles. The van der Waals surface area contributed by atoms with Gasteiger partial charge in [-0.15, -0.1) is 0 Å². The first-order valence-electron chi connectivity index (χ1n) is 5.52. The van der Waals surface area contributed by atoms with Gasteiger partial charge in [-0.25, -0.2) is 0 Å². The average Bonchev–Trinajstić information content (AvgIpc) is 2.35. The van der Waals surface area contributed by atoms with Crippen LogP contribution in [0.5, 0.6) is 0 Å². The van der Waals surface area contributed by atoms with Crippen molar-refractivity contribution >= 4 is 0 Å². The van der Waals surface area contributed by atoms with E-state index in [9.17, 15) is 0 Å². The van der Waals surface area contributed by atoms with Crippen LogP contribution in [0, 0.1) is 11.3 Å². The molecule has 1 aromatic rings. The van der Waals surface area contributed by atoms with Crippen molar-refractivity contribution in [3.05, 3.63) is 35.4 Å². The zero-order valence-electron chi connectivity index (χ0n) is 9.52. The third kappa shape index (κ3) is 3.65. The molecule has 0 radical (unpaired) electrons. The zero-order chi connectivity index (χ0) is 11.8. The van der Waals surface area contributed by atoms with Gasteiger partial charge in [0.1, 0.15) is 0 Å². The van der Waals surface area contributed by atoms with Gasteiger partial charge in [0.05, 0.1) is 12.7 Å². The molecule has 0 heterocycles. The highest BCUT2D eigenvalue weighted by Gasteiger charge is 2.09. The Morgan fingerprint density at radius 2 is 2.06 bits per heavy atom. The van der Waals surface area contributed by atoms with Crippen LogP contribution in [0.25, 0.3) is 0 Å². The Balaban J connectivity index is 2.61. The van der Waals surface area contributed by atoms with Gasteiger partial charge in [-0.2, -0.15) is 5.26 Å². The Morgan fingerprint density at radius 3 is 2.56 bits per heavy atom. The second kappa shape index (κ2) is 7.00. The predicted octanol–water partition coefficient (Wildman–Crippen LogP) is 2.21. The predicted molar refractivity (Wildman–Crippen MR) is 61.8 cm³/mol. The quantitative estimate of drug-likeness (QED) is 0.746. The minimum Gasteiger partial charge on any atom is -0.396 e. The molecule has 1 atom stereocenters. The second-order valence-corrected chi connectivity index (χ2v) is 3.55. The van der Waals surface area contributed by atoms with Gasteiger partial charge in [-0.05, 0) is 24.0 Å². The number of rotatable bonds is 6. The Hall–Kier alpha value is -1.37. The molecule has 86 valence electrons. The van der Waals surface area contributed by atoms with Crippen LogP contribution in [0.2, 0.25) is 0 Å². The van der Waals surface area contributed by atoms with Crippen LogP contribution in [-0.4, -0.2) is 18.3 Å². The molecule has 1 rings (SSSR count). The summed E-state index contributed by atoms with van der Waals surface area (Å²) < 4.78 is 5.37. The molecule has 1 unspecified atom stereocenters. The number of nitrogens with zero attached hydrogens (tertiary/aromatic N) is 1. The lowest BCUT2D eigenvalue weighted by Crippen LogP contribution is -2.04. The van der Waals surface area contributed by atoms with Gasteiger partial charge in [0, 0.05) is 6.61 Å². The van der Waals surface area contributed by atoms with Crippen LogP contribution in [0.15, 0.2) is 24.3 Å². The Bertz CT molecular complexity index is 340. The molecule has 0 saturated carbocycles. The van der Waals surface area contributed by atoms with Crippen molar-refractivity contribution in [2.45, 2.75) is 25.9 Å². The third-order valence-electron chi connectivity index (χ3n) is 2.39. The lowest BCUT2D eigenvalue weighted by Gasteiger charge is -2.10. The number of ether oxygens (including phenoxy) is 1. The van der Waals surface area contributed by atoms with E-state index in [2.05, 4.69) is 13.0 Å². The van der Waals surface area contributed by atoms with Crippen LogP contribution in [-0.2, 0) is 11.2 Å². The maximum atomic E-state index is 8.97. The van der Waals surface area contributed by atoms with Crippen molar-refractivity contribution in [2.75, 3.05) is 13.2 Å². The lowest BCUT2D eigenvalue weighted by molar-refractivity contribution is 0.0774. The summed E-state index contributed by atoms with van der Waals surface area (Å²) in [6.07, 6.45) is 1.02. The number of aliphatic hydroxyl groups is 1. The largest absolute Gasteiger partial charge is 0.396 e. The summed E-state index contributed by atoms with van der Waals surface area (Å²) in [5, 5.41) is 17.6. The first kappa shape index (κ1) is 12.7. The van der Waals surface area contributed by atoms with Crippen molar-refractivity contribution in [3.8, 4) is 6.07 Å². The highest BCUT2D eigenvalue weighted by atomic mass is 16.5. The SMILES string of the molecule is CCc1ccc(C(C#N)OCCCO)cc1. The van der Waals surface area contributed by atoms with Crippen LogP contribution in [0.3, 0.4) is 0 Å². The summed E-state index contributed by atoms with van der Waals surface area (Å²) >= 11 is 0. The molecule has 3 heteroatoms. The van der Waals surface area contributed by atoms with Crippen molar-refractivity contribution in [1.82, 2.24) is 0 Å². The Kier molecular flexibility index (Phi) is 5.55. The van der Waals surface area contributed by atoms with Gasteiger partial charge >= 0.3 is 0 Å². The highest BCUT2D eigenvalue weighted by Crippen LogP contribution is 2.17. The molecule has 16 heavy (non-hydrogen) atoms. The number of hydrogen-bond acceptors (Lipinski definition) is 3. The molecule has 1 aromatic carbocycles. The van der Waals surface area contributed by atoms with Crippen LogP contribution >= 0.6 is 0 Å². The molecule has 0 fully saturated rings. The van der Waals surface area contributed by atoms with E-state index in [1.807, 2.05) is 24.3 Å². The molecule has 0 bridgehead atoms. The maximum absolute atomic E-state index is 8.97. The van der Waals surface area contributed by atoms with E-state index in [0.717, 1.165) is 12.0 Å². The van der Waals surface area contributed by atoms with Gasteiger partial charge in [-0.1, -0.05) is 31.2 Å². The topological polar surface area (TPSA) is 53.2 Å². The normalized spacial score (nSPS) is 12.1. The maximum Gasteiger partial charge on any atom is 0.169 e. The van der Waals surface area contributed by atoms with E-state index in [1.54, 1.807) is 0 Å². The molecular weight excluding hydrogens is 202 g/mol. The summed E-state index contributed by atoms with van der Waals surface area (Å²) in [4.78, 5) is 0. The number of hydrogen-bond donors (Lipinski definition) is 1. The number of aryl methyl sites for hydroxylation is 1. The van der Waals surface area contributed by atoms with Gasteiger partial charge in [0.2, 0.25) is 0 Å². The highest BCUT2D eigenvalue weighted by molar-refractivity contribution is 5.27. The van der Waals surface area contributed by atoms with Crippen LogP contribution in [0.1, 0.15) is 30.6 Å². The van der Waals surface area contributed by atoms with Crippen molar-refractivity contribution in [2.24, 2.45) is 0 Å². The van der Waals surface area contributed by atoms with Gasteiger partial charge in [-0.3, -0.25) is 0 Å². The van der Waals surface area contributed by atoms with E-state index in [1.165, 1.54) is 5.56 Å². The van der Waals surface area contributed by atoms with E-state index in [4.69, 9.17) is 15.1 Å². The van der Waals surface area contributed by atoms with Crippen molar-refractivity contribution < 1.29 is 9.84 Å². The summed E-state index contributed by atoms with van der Waals surface area (Å²) in [6, 6.07) is 9.97. The molecule has 0 spiro atoms. The van der Waals surface area contributed by atoms with E-state index in [-0.39, 0.29) is 6.61 Å².